The van der Waals surface area contributed by atoms with Crippen LogP contribution in [-0.4, -0.2) is 29.2 Å². The first-order valence-corrected chi connectivity index (χ1v) is 6.82. The summed E-state index contributed by atoms with van der Waals surface area (Å²) in [6.45, 7) is 1.90. The third kappa shape index (κ3) is 2.08. The van der Waals surface area contributed by atoms with Gasteiger partial charge in [0.25, 0.3) is 0 Å². The molecule has 2 fully saturated rings. The van der Waals surface area contributed by atoms with Gasteiger partial charge in [0.05, 0.1) is 24.0 Å². The Morgan fingerprint density at radius 2 is 1.85 bits per heavy atom. The maximum atomic E-state index is 12.4. The molecule has 0 saturated carbocycles. The first-order chi connectivity index (χ1) is 9.58. The lowest BCUT2D eigenvalue weighted by Crippen LogP contribution is -2.41. The van der Waals surface area contributed by atoms with E-state index in [2.05, 4.69) is 5.32 Å². The van der Waals surface area contributed by atoms with Gasteiger partial charge < -0.3 is 15.2 Å². The number of hydrogen-bond acceptors (Lipinski definition) is 3. The van der Waals surface area contributed by atoms with E-state index in [1.54, 1.807) is 0 Å². The van der Waals surface area contributed by atoms with Crippen molar-refractivity contribution in [2.24, 2.45) is 11.8 Å². The highest BCUT2D eigenvalue weighted by atomic mass is 16.5. The van der Waals surface area contributed by atoms with Crippen LogP contribution in [0.2, 0.25) is 0 Å². The number of benzene rings is 1. The molecule has 1 amide bonds. The van der Waals surface area contributed by atoms with Crippen molar-refractivity contribution in [2.75, 3.05) is 5.32 Å². The molecule has 106 valence electrons. The lowest BCUT2D eigenvalue weighted by Gasteiger charge is -2.24. The summed E-state index contributed by atoms with van der Waals surface area (Å²) in [6.07, 6.45) is 0.922. The van der Waals surface area contributed by atoms with Crippen LogP contribution in [0, 0.1) is 18.8 Å². The summed E-state index contributed by atoms with van der Waals surface area (Å²) < 4.78 is 5.61. The second kappa shape index (κ2) is 4.90. The number of carboxylic acids is 1. The van der Waals surface area contributed by atoms with E-state index in [9.17, 15) is 14.7 Å². The maximum absolute atomic E-state index is 12.4. The molecule has 1 aromatic rings. The van der Waals surface area contributed by atoms with E-state index in [4.69, 9.17) is 4.74 Å². The molecule has 2 bridgehead atoms. The normalized spacial score (nSPS) is 31.2. The zero-order valence-corrected chi connectivity index (χ0v) is 11.2. The number of aryl methyl sites for hydroxylation is 1. The molecule has 0 radical (unpaired) electrons. The molecule has 0 unspecified atom stereocenters. The molecule has 5 nitrogen and oxygen atoms in total. The van der Waals surface area contributed by atoms with Gasteiger partial charge in [-0.1, -0.05) is 18.2 Å². The number of anilines is 1. The summed E-state index contributed by atoms with van der Waals surface area (Å²) >= 11 is 0. The average molecular weight is 275 g/mol. The van der Waals surface area contributed by atoms with Crippen LogP contribution in [0.1, 0.15) is 18.4 Å². The molecular weight excluding hydrogens is 258 g/mol. The number of ether oxygens (including phenoxy) is 1. The van der Waals surface area contributed by atoms with Gasteiger partial charge in [-0.25, -0.2) is 0 Å². The number of hydrogen-bond donors (Lipinski definition) is 2. The van der Waals surface area contributed by atoms with E-state index in [1.165, 1.54) is 0 Å². The van der Waals surface area contributed by atoms with Crippen molar-refractivity contribution in [3.63, 3.8) is 0 Å². The SMILES string of the molecule is Cc1ccccc1NC(=O)[C@H]1[C@@H](C(=O)O)[C@@H]2CC[C@@H]1O2. The number of carboxylic acid groups (broad SMARTS) is 1. The lowest BCUT2D eigenvalue weighted by atomic mass is 9.78. The molecule has 2 N–H and O–H groups in total. The quantitative estimate of drug-likeness (QED) is 0.882. The van der Waals surface area contributed by atoms with Crippen LogP contribution >= 0.6 is 0 Å². The molecule has 2 saturated heterocycles. The highest BCUT2D eigenvalue weighted by Gasteiger charge is 2.55. The van der Waals surface area contributed by atoms with Gasteiger partial charge in [-0.2, -0.15) is 0 Å². The van der Waals surface area contributed by atoms with E-state index in [0.29, 0.717) is 0 Å². The predicted molar refractivity (Wildman–Crippen MR) is 72.3 cm³/mol. The van der Waals surface area contributed by atoms with Gasteiger partial charge in [0.2, 0.25) is 5.91 Å². The smallest absolute Gasteiger partial charge is 0.310 e. The molecule has 0 spiro atoms. The molecule has 4 atom stereocenters. The van der Waals surface area contributed by atoms with Crippen LogP contribution in [-0.2, 0) is 14.3 Å². The first-order valence-electron chi connectivity index (χ1n) is 6.82. The van der Waals surface area contributed by atoms with Crippen molar-refractivity contribution in [1.82, 2.24) is 0 Å². The van der Waals surface area contributed by atoms with E-state index in [-0.39, 0.29) is 18.1 Å². The molecule has 2 aliphatic heterocycles. The minimum atomic E-state index is -0.942. The molecule has 0 aliphatic carbocycles. The molecule has 5 heteroatoms. The van der Waals surface area contributed by atoms with Crippen LogP contribution in [0.15, 0.2) is 24.3 Å². The Bertz CT molecular complexity index is 557. The zero-order valence-electron chi connectivity index (χ0n) is 11.2. The number of carbonyl (C=O) groups excluding carboxylic acids is 1. The average Bonchev–Trinajstić information content (AvgIpc) is 3.01. The van der Waals surface area contributed by atoms with Gasteiger partial charge in [-0.15, -0.1) is 0 Å². The van der Waals surface area contributed by atoms with Gasteiger partial charge in [0, 0.05) is 5.69 Å². The van der Waals surface area contributed by atoms with Crippen LogP contribution in [0.4, 0.5) is 5.69 Å². The van der Waals surface area contributed by atoms with Gasteiger partial charge in [-0.3, -0.25) is 9.59 Å². The van der Waals surface area contributed by atoms with E-state index in [0.717, 1.165) is 24.1 Å². The van der Waals surface area contributed by atoms with Crippen LogP contribution in [0.5, 0.6) is 0 Å². The topological polar surface area (TPSA) is 75.6 Å². The summed E-state index contributed by atoms with van der Waals surface area (Å²) in [7, 11) is 0. The van der Waals surface area contributed by atoms with Gasteiger partial charge in [0.1, 0.15) is 0 Å². The lowest BCUT2D eigenvalue weighted by molar-refractivity contribution is -0.147. The van der Waals surface area contributed by atoms with Gasteiger partial charge >= 0.3 is 5.97 Å². The fraction of sp³-hybridized carbons (Fsp3) is 0.467. The molecule has 2 aliphatic rings. The van der Waals surface area contributed by atoms with Crippen LogP contribution in [0.3, 0.4) is 0 Å². The minimum absolute atomic E-state index is 0.251. The summed E-state index contributed by atoms with van der Waals surface area (Å²) in [6, 6.07) is 7.46. The molecule has 20 heavy (non-hydrogen) atoms. The van der Waals surface area contributed by atoms with Crippen molar-refractivity contribution in [3.8, 4) is 0 Å². The second-order valence-electron chi connectivity index (χ2n) is 5.48. The third-order valence-electron chi connectivity index (χ3n) is 4.26. The number of nitrogens with one attached hydrogen (secondary N) is 1. The summed E-state index contributed by atoms with van der Waals surface area (Å²) in [5, 5.41) is 12.2. The van der Waals surface area contributed by atoms with E-state index in [1.807, 2.05) is 31.2 Å². The van der Waals surface area contributed by atoms with Crippen molar-refractivity contribution in [2.45, 2.75) is 32.0 Å². The molecule has 2 heterocycles. The predicted octanol–water partition coefficient (Wildman–Crippen LogP) is 1.81. The standard InChI is InChI=1S/C15H17NO4/c1-8-4-2-3-5-9(8)16-14(17)12-10-6-7-11(20-10)13(12)15(18)19/h2-5,10-13H,6-7H2,1H3,(H,16,17)(H,18,19)/t10-,11-,12+,13-/m0/s1. The summed E-state index contributed by atoms with van der Waals surface area (Å²) in [5.41, 5.74) is 1.68. The Morgan fingerprint density at radius 3 is 2.50 bits per heavy atom. The first kappa shape index (κ1) is 13.1. The largest absolute Gasteiger partial charge is 0.481 e. The monoisotopic (exact) mass is 275 g/mol. The Kier molecular flexibility index (Phi) is 3.22. The van der Waals surface area contributed by atoms with Crippen molar-refractivity contribution < 1.29 is 19.4 Å². The second-order valence-corrected chi connectivity index (χ2v) is 5.48. The highest BCUT2D eigenvalue weighted by Crippen LogP contribution is 2.44. The van der Waals surface area contributed by atoms with E-state index >= 15 is 0 Å². The number of para-hydroxylation sites is 1. The highest BCUT2D eigenvalue weighted by molar-refractivity contribution is 5.96. The van der Waals surface area contributed by atoms with Gasteiger partial charge in [-0.05, 0) is 31.4 Å². The fourth-order valence-electron chi connectivity index (χ4n) is 3.25. The Labute approximate surface area is 116 Å². The Hall–Kier alpha value is -1.88. The van der Waals surface area contributed by atoms with E-state index < -0.39 is 17.8 Å². The Morgan fingerprint density at radius 1 is 1.20 bits per heavy atom. The maximum Gasteiger partial charge on any atom is 0.310 e. The number of rotatable bonds is 3. The number of fused-ring (bicyclic) bond motifs is 2. The van der Waals surface area contributed by atoms with Crippen LogP contribution < -0.4 is 5.32 Å². The fourth-order valence-corrected chi connectivity index (χ4v) is 3.25. The zero-order chi connectivity index (χ0) is 14.3. The number of carbonyl (C=O) groups is 2. The Balaban J connectivity index is 1.80. The molecular formula is C15H17NO4. The molecule has 3 rings (SSSR count). The third-order valence-corrected chi connectivity index (χ3v) is 4.26. The molecule has 1 aromatic carbocycles. The minimum Gasteiger partial charge on any atom is -0.481 e. The van der Waals surface area contributed by atoms with Gasteiger partial charge in [0.15, 0.2) is 0 Å². The number of aliphatic carboxylic acids is 1. The van der Waals surface area contributed by atoms with Crippen molar-refractivity contribution in [1.29, 1.82) is 0 Å². The number of amides is 1. The van der Waals surface area contributed by atoms with Crippen molar-refractivity contribution in [3.05, 3.63) is 29.8 Å². The summed E-state index contributed by atoms with van der Waals surface area (Å²) in [5.74, 6) is -2.51. The molecule has 0 aromatic heterocycles. The van der Waals surface area contributed by atoms with Crippen molar-refractivity contribution >= 4 is 17.6 Å². The van der Waals surface area contributed by atoms with Crippen LogP contribution in [0.25, 0.3) is 0 Å². The summed E-state index contributed by atoms with van der Waals surface area (Å²) in [4.78, 5) is 23.8.